The second kappa shape index (κ2) is 113. The Balaban J connectivity index is -0.000000327. The second-order valence-corrected chi connectivity index (χ2v) is 62.8. The Morgan fingerprint density at radius 3 is 0.692 bits per heavy atom. The standard InChI is InChI=1S/C19H35N5O8.C17H28FN3O8.C17H32N4O7.2C16H29N3O7.CH4.3HI.V/c1-4-20-18(27)30-12-15(13-31-19(28)21-5-2)29-11-7-8-16(25)22-9-10-23-17(26)14-32-24-6-3;1-3-19-16(24)27-10-15(11-28-17(25)20-4-2)26-7-5-6-13(22)8-14(23)9-29-21-12-18;1-4-18-16(23)26-12-14(13-27-17(24)19-5-2)25-10-7-8-15(22)20-9-11-28-21-6-3;2*1-4-17-15(21)24-11-14(12-25-16(22)18-5-2)23-9-7-8-13(20)10-26-19-6-3;;;;;/h6,15H,4-5,7-14H2,1-3H3,(H,20,27)(H,21,28)(H,22,25)(H,23,26);12,15H,3-11H2,1-2H3,(H,19,24)(H,20,25);6,14H,4-5,7-13H2,1-3H3,(H,18,23)(H,19,24)(H,20,22);2*6,14H,4-5,7-12H2,1-3H3,(H,17,21)(H,18,22);1H4;3*1H;/q;;;;;;;;;+3/p-3/b;;;19-6+;;;;;;. The van der Waals surface area contributed by atoms with E-state index < -0.39 is 104 Å². The van der Waals surface area contributed by atoms with Gasteiger partial charge in [0.2, 0.25) is 18.3 Å². The van der Waals surface area contributed by atoms with E-state index in [1.165, 1.54) is 24.9 Å². The van der Waals surface area contributed by atoms with E-state index in [0.29, 0.717) is 111 Å². The van der Waals surface area contributed by atoms with Gasteiger partial charge in [-0.2, -0.15) is 4.39 Å². The number of oxime groups is 5. The van der Waals surface area contributed by atoms with Crippen LogP contribution in [0.3, 0.4) is 0 Å². The second-order valence-electron chi connectivity index (χ2n) is 27.4. The molecular formula is C86H157FI3N18O37V. The summed E-state index contributed by atoms with van der Waals surface area (Å²) in [6.07, 6.45) is -0.620. The fourth-order valence-electron chi connectivity index (χ4n) is 9.06. The minimum atomic E-state index is -0.719. The summed E-state index contributed by atoms with van der Waals surface area (Å²) < 4.78 is 89.3. The number of halogens is 4. The van der Waals surface area contributed by atoms with Crippen LogP contribution in [0.4, 0.5) is 52.3 Å². The van der Waals surface area contributed by atoms with E-state index in [0.717, 1.165) is 0 Å². The Kier molecular flexibility index (Phi) is 115. The zero-order chi connectivity index (χ0) is 110. The van der Waals surface area contributed by atoms with E-state index in [9.17, 15) is 85.9 Å². The van der Waals surface area contributed by atoms with Crippen LogP contribution >= 0.6 is 59.9 Å². The topological polar surface area (TPSA) is 693 Å². The Morgan fingerprint density at radius 2 is 0.459 bits per heavy atom. The zero-order valence-corrected chi connectivity index (χ0v) is 93.1. The van der Waals surface area contributed by atoms with Crippen LogP contribution in [-0.2, 0) is 134 Å². The van der Waals surface area contributed by atoms with Crippen molar-refractivity contribution in [3.63, 3.8) is 0 Å². The van der Waals surface area contributed by atoms with Gasteiger partial charge in [0.05, 0.1) is 13.0 Å². The third-order valence-electron chi connectivity index (χ3n) is 15.3. The van der Waals surface area contributed by atoms with Crippen molar-refractivity contribution in [2.24, 2.45) is 25.8 Å². The molecule has 0 rings (SSSR count). The molecule has 0 aromatic heterocycles. The van der Waals surface area contributed by atoms with Gasteiger partial charge in [-0.3, -0.25) is 33.6 Å². The average Bonchev–Trinajstić information content (AvgIpc) is 0.979. The SMILES string of the molecule is C.C/C=N/OCC(=O)CCCOC(COC(=O)NCC)COC(=O)NCC.CC=NOCC(=O)CCCOC(COC(=O)NCC)COC(=O)NCC.CC=NOCC(=O)NCCNC(=O)CCCOC(COC(=O)NCC)COC(=O)NCC.CC=NOCCNC(=O)CCCOC(COC(=O)NCC)COC(=O)NCC.CCNC(=O)OCC(COC(=O)NCC)OCCCC(=O)CC(=O)CON=CF.[I][V]([I])[I]. The van der Waals surface area contributed by atoms with Crippen molar-refractivity contribution < 1.29 is 186 Å². The molecule has 0 saturated heterocycles. The number of alkyl carbamates (subject to hydrolysis) is 10. The maximum atomic E-state index is 11.8. The average molecular weight is 2490 g/mol. The van der Waals surface area contributed by atoms with Gasteiger partial charge in [0.1, 0.15) is 109 Å². The Hall–Kier alpha value is -10.4. The van der Waals surface area contributed by atoms with E-state index in [2.05, 4.69) is 165 Å². The van der Waals surface area contributed by atoms with Gasteiger partial charge >= 0.3 is 126 Å². The monoisotopic (exact) mass is 2480 g/mol. The number of nitrogens with zero attached hydrogens (tertiary/aromatic N) is 5. The molecule has 0 aliphatic heterocycles. The molecule has 13 N–H and O–H groups in total. The summed E-state index contributed by atoms with van der Waals surface area (Å²) in [6, 6.07) is 0. The third-order valence-corrected chi connectivity index (χ3v) is 15.3. The number of carbonyl (C=O) groups excluding carboxylic acids is 17. The normalized spacial score (nSPS) is 10.5. The summed E-state index contributed by atoms with van der Waals surface area (Å²) in [7, 11) is 0. The minimum absolute atomic E-state index is 0. The van der Waals surface area contributed by atoms with Gasteiger partial charge in [0, 0.05) is 169 Å². The molecule has 55 nitrogen and oxygen atoms in total. The molecule has 846 valence electrons. The first kappa shape index (κ1) is 149. The summed E-state index contributed by atoms with van der Waals surface area (Å²) in [5.74, 6) is -1.75. The quantitative estimate of drug-likeness (QED) is 0.00698. The van der Waals surface area contributed by atoms with E-state index in [-0.39, 0.29) is 224 Å². The molecule has 0 aromatic rings. The van der Waals surface area contributed by atoms with Crippen molar-refractivity contribution >= 4 is 193 Å². The molecule has 146 heavy (non-hydrogen) atoms. The summed E-state index contributed by atoms with van der Waals surface area (Å²) >= 11 is 7.39. The summed E-state index contributed by atoms with van der Waals surface area (Å²) in [6.45, 7) is 28.9. The number of hydrogen-bond donors (Lipinski definition) is 13. The number of ether oxygens (including phenoxy) is 15. The van der Waals surface area contributed by atoms with Crippen molar-refractivity contribution in [1.82, 2.24) is 69.1 Å². The molecular weight excluding hydrogens is 2330 g/mol. The summed E-state index contributed by atoms with van der Waals surface area (Å²) in [4.78, 5) is 218. The fourth-order valence-corrected chi connectivity index (χ4v) is 9.06. The van der Waals surface area contributed by atoms with Gasteiger partial charge in [0.25, 0.3) is 5.91 Å². The number of hydrogen-bond acceptors (Lipinski definition) is 42. The van der Waals surface area contributed by atoms with E-state index in [1.807, 2.05) is 0 Å². The molecule has 0 heterocycles. The summed E-state index contributed by atoms with van der Waals surface area (Å²) in [5, 5.41) is 49.5. The maximum absolute atomic E-state index is 11.8. The van der Waals surface area contributed by atoms with Crippen LogP contribution in [0.1, 0.15) is 175 Å². The van der Waals surface area contributed by atoms with Crippen LogP contribution in [0.25, 0.3) is 0 Å². The van der Waals surface area contributed by atoms with Crippen LogP contribution in [0.15, 0.2) is 25.8 Å². The Labute approximate surface area is 890 Å². The molecule has 0 radical (unpaired) electrons. The third kappa shape index (κ3) is 116. The first-order valence-electron chi connectivity index (χ1n) is 46.6. The number of nitrogens with one attached hydrogen (secondary N) is 13. The Morgan fingerprint density at radius 1 is 0.260 bits per heavy atom. The number of rotatable bonds is 76. The molecule has 13 amide bonds. The van der Waals surface area contributed by atoms with Crippen LogP contribution < -0.4 is 69.1 Å². The Bertz CT molecular complexity index is 3400. The summed E-state index contributed by atoms with van der Waals surface area (Å²) in [5.41, 5.74) is 0. The molecule has 0 spiro atoms. The van der Waals surface area contributed by atoms with E-state index in [4.69, 9.17) is 85.6 Å². The molecule has 0 unspecified atom stereocenters. The van der Waals surface area contributed by atoms with Crippen molar-refractivity contribution in [3.8, 4) is 0 Å². The molecule has 0 atom stereocenters. The van der Waals surface area contributed by atoms with Gasteiger partial charge in [-0.15, -0.1) is 0 Å². The molecule has 0 bridgehead atoms. The van der Waals surface area contributed by atoms with Crippen molar-refractivity contribution in [1.29, 1.82) is 0 Å². The number of Topliss-reactive ketones (excluding diaryl/α,β-unsaturated/α-hetero) is 4. The number of ketones is 4. The van der Waals surface area contributed by atoms with Crippen LogP contribution in [0.5, 0.6) is 0 Å². The fraction of sp³-hybridized carbons (Fsp3) is 0.744. The van der Waals surface area contributed by atoms with Gasteiger partial charge in [-0.25, -0.2) is 47.9 Å². The van der Waals surface area contributed by atoms with Gasteiger partial charge in [-0.05, 0) is 129 Å². The molecule has 0 aliphatic carbocycles. The molecule has 0 aromatic carbocycles. The predicted octanol–water partition coefficient (Wildman–Crippen LogP) is 7.54. The van der Waals surface area contributed by atoms with Crippen molar-refractivity contribution in [2.75, 3.05) is 217 Å². The first-order valence-corrected chi connectivity index (χ1v) is 60.1. The molecule has 0 fully saturated rings. The van der Waals surface area contributed by atoms with E-state index in [1.54, 1.807) is 96.9 Å². The van der Waals surface area contributed by atoms with Crippen LogP contribution in [0, 0.1) is 0 Å². The molecule has 0 saturated carbocycles. The van der Waals surface area contributed by atoms with Crippen molar-refractivity contribution in [2.45, 2.75) is 206 Å². The first-order chi connectivity index (χ1) is 69.7. The zero-order valence-electron chi connectivity index (χ0n) is 85.2. The van der Waals surface area contributed by atoms with Crippen LogP contribution in [0.2, 0.25) is 0 Å². The molecule has 0 aliphatic rings. The number of amides is 13. The van der Waals surface area contributed by atoms with Gasteiger partial charge < -0.3 is 164 Å². The van der Waals surface area contributed by atoms with Crippen molar-refractivity contribution in [3.05, 3.63) is 0 Å². The van der Waals surface area contributed by atoms with Gasteiger partial charge in [0.15, 0.2) is 43.8 Å². The predicted molar refractivity (Wildman–Crippen MR) is 554 cm³/mol. The van der Waals surface area contributed by atoms with Gasteiger partial charge in [-0.1, -0.05) is 33.2 Å². The molecule has 60 heteroatoms. The van der Waals surface area contributed by atoms with E-state index >= 15 is 0 Å². The van der Waals surface area contributed by atoms with Crippen LogP contribution in [-0.4, -0.2) is 381 Å². The number of carbonyl (C=O) groups is 17.